The van der Waals surface area contributed by atoms with Crippen LogP contribution < -0.4 is 5.32 Å². The van der Waals surface area contributed by atoms with Crippen LogP contribution in [-0.2, 0) is 16.0 Å². The number of esters is 1. The number of ether oxygens (including phenoxy) is 1. The van der Waals surface area contributed by atoms with Gasteiger partial charge >= 0.3 is 5.97 Å². The van der Waals surface area contributed by atoms with Gasteiger partial charge in [0.1, 0.15) is 0 Å². The zero-order valence-corrected chi connectivity index (χ0v) is 17.1. The molecule has 0 unspecified atom stereocenters. The molecule has 0 saturated carbocycles. The Hall–Kier alpha value is -3.21. The molecule has 5 heteroatoms. The Labute approximate surface area is 171 Å². The lowest BCUT2D eigenvalue weighted by atomic mass is 10.0. The summed E-state index contributed by atoms with van der Waals surface area (Å²) in [4.78, 5) is 29.6. The molecular formula is C24H26N2O3. The van der Waals surface area contributed by atoms with E-state index in [0.29, 0.717) is 12.1 Å². The van der Waals surface area contributed by atoms with Crippen molar-refractivity contribution in [1.29, 1.82) is 0 Å². The minimum atomic E-state index is -0.498. The molecule has 0 saturated heterocycles. The Kier molecular flexibility index (Phi) is 6.60. The number of hydrogen-bond donors (Lipinski definition) is 1. The molecule has 150 valence electrons. The van der Waals surface area contributed by atoms with Crippen LogP contribution in [-0.4, -0.2) is 30.0 Å². The molecule has 1 atom stereocenters. The molecule has 1 heterocycles. The maximum atomic E-state index is 12.8. The third-order valence-corrected chi connectivity index (χ3v) is 5.08. The van der Waals surface area contributed by atoms with Gasteiger partial charge in [-0.25, -0.2) is 4.79 Å². The molecule has 0 bridgehead atoms. The van der Waals surface area contributed by atoms with Crippen molar-refractivity contribution in [2.24, 2.45) is 0 Å². The summed E-state index contributed by atoms with van der Waals surface area (Å²) in [5.74, 6) is -0.635. The zero-order chi connectivity index (χ0) is 20.8. The second-order valence-corrected chi connectivity index (χ2v) is 7.12. The second-order valence-electron chi connectivity index (χ2n) is 7.12. The number of nitrogens with one attached hydrogen (secondary N) is 1. The van der Waals surface area contributed by atoms with E-state index in [9.17, 15) is 9.59 Å². The van der Waals surface area contributed by atoms with Crippen LogP contribution in [0.5, 0.6) is 0 Å². The van der Waals surface area contributed by atoms with Gasteiger partial charge in [-0.3, -0.25) is 9.78 Å². The molecule has 0 spiro atoms. The molecule has 3 rings (SSSR count). The summed E-state index contributed by atoms with van der Waals surface area (Å²) in [6.45, 7) is 6.09. The second kappa shape index (κ2) is 9.32. The fraction of sp³-hybridized carbons (Fsp3) is 0.292. The minimum absolute atomic E-state index is 0.175. The quantitative estimate of drug-likeness (QED) is 0.615. The molecular weight excluding hydrogens is 364 g/mol. The first-order valence-corrected chi connectivity index (χ1v) is 9.88. The summed E-state index contributed by atoms with van der Waals surface area (Å²) in [5.41, 5.74) is 4.04. The molecule has 1 amide bonds. The summed E-state index contributed by atoms with van der Waals surface area (Å²) in [6, 6.07) is 17.4. The maximum absolute atomic E-state index is 12.8. The Morgan fingerprint density at radius 2 is 1.76 bits per heavy atom. The minimum Gasteiger partial charge on any atom is -0.452 e. The first kappa shape index (κ1) is 20.5. The summed E-state index contributed by atoms with van der Waals surface area (Å²) >= 11 is 0. The standard InChI is InChI=1S/C24H26N2O3/c1-4-20-17(3)23(19-12-8-9-13-21(19)26-20)24(28)29-15-22(27)25-14-16(2)18-10-6-5-7-11-18/h5-13,16H,4,14-15H2,1-3H3,(H,25,27)/t16-/m1/s1. The monoisotopic (exact) mass is 390 g/mol. The molecule has 0 radical (unpaired) electrons. The topological polar surface area (TPSA) is 68.3 Å². The smallest absolute Gasteiger partial charge is 0.339 e. The Morgan fingerprint density at radius 3 is 2.48 bits per heavy atom. The van der Waals surface area contributed by atoms with Crippen LogP contribution in [0, 0.1) is 6.92 Å². The van der Waals surface area contributed by atoms with Gasteiger partial charge in [0.2, 0.25) is 0 Å². The number of nitrogens with zero attached hydrogens (tertiary/aromatic N) is 1. The van der Waals surface area contributed by atoms with Crippen LogP contribution in [0.1, 0.15) is 46.9 Å². The number of fused-ring (bicyclic) bond motifs is 1. The Morgan fingerprint density at radius 1 is 1.07 bits per heavy atom. The first-order valence-electron chi connectivity index (χ1n) is 9.88. The largest absolute Gasteiger partial charge is 0.452 e. The van der Waals surface area contributed by atoms with Gasteiger partial charge in [0.15, 0.2) is 6.61 Å². The number of aryl methyl sites for hydroxylation is 1. The van der Waals surface area contributed by atoms with Crippen molar-refractivity contribution >= 4 is 22.8 Å². The molecule has 2 aromatic carbocycles. The molecule has 29 heavy (non-hydrogen) atoms. The van der Waals surface area contributed by atoms with Crippen molar-refractivity contribution in [1.82, 2.24) is 10.3 Å². The maximum Gasteiger partial charge on any atom is 0.339 e. The molecule has 0 fully saturated rings. The Balaban J connectivity index is 1.65. The fourth-order valence-electron chi connectivity index (χ4n) is 3.39. The number of rotatable bonds is 7. The number of carbonyl (C=O) groups excluding carboxylic acids is 2. The van der Waals surface area contributed by atoms with E-state index in [1.807, 2.05) is 75.4 Å². The van der Waals surface area contributed by atoms with Crippen molar-refractivity contribution in [2.45, 2.75) is 33.1 Å². The van der Waals surface area contributed by atoms with Gasteiger partial charge in [-0.2, -0.15) is 0 Å². The van der Waals surface area contributed by atoms with Crippen LogP contribution in [0.25, 0.3) is 10.9 Å². The normalized spacial score (nSPS) is 11.8. The third kappa shape index (κ3) is 4.80. The van der Waals surface area contributed by atoms with Crippen LogP contribution in [0.2, 0.25) is 0 Å². The molecule has 3 aromatic rings. The van der Waals surface area contributed by atoms with E-state index < -0.39 is 5.97 Å². The molecule has 5 nitrogen and oxygen atoms in total. The van der Waals surface area contributed by atoms with E-state index in [-0.39, 0.29) is 18.4 Å². The molecule has 1 N–H and O–H groups in total. The zero-order valence-electron chi connectivity index (χ0n) is 17.1. The molecule has 1 aromatic heterocycles. The van der Waals surface area contributed by atoms with Crippen molar-refractivity contribution in [3.8, 4) is 0 Å². The number of hydrogen-bond acceptors (Lipinski definition) is 4. The first-order chi connectivity index (χ1) is 14.0. The van der Waals surface area contributed by atoms with E-state index in [2.05, 4.69) is 10.3 Å². The van der Waals surface area contributed by atoms with Gasteiger partial charge < -0.3 is 10.1 Å². The van der Waals surface area contributed by atoms with Crippen molar-refractivity contribution < 1.29 is 14.3 Å². The van der Waals surface area contributed by atoms with Crippen LogP contribution in [0.15, 0.2) is 54.6 Å². The summed E-state index contributed by atoms with van der Waals surface area (Å²) in [5, 5.41) is 3.57. The summed E-state index contributed by atoms with van der Waals surface area (Å²) < 4.78 is 5.34. The van der Waals surface area contributed by atoms with Crippen molar-refractivity contribution in [3.63, 3.8) is 0 Å². The third-order valence-electron chi connectivity index (χ3n) is 5.08. The van der Waals surface area contributed by atoms with Crippen LogP contribution >= 0.6 is 0 Å². The van der Waals surface area contributed by atoms with E-state index in [1.54, 1.807) is 0 Å². The van der Waals surface area contributed by atoms with E-state index in [0.717, 1.165) is 34.1 Å². The average molecular weight is 390 g/mol. The number of amides is 1. The van der Waals surface area contributed by atoms with Gasteiger partial charge in [-0.1, -0.05) is 62.4 Å². The number of benzene rings is 2. The van der Waals surface area contributed by atoms with E-state index in [4.69, 9.17) is 4.74 Å². The Bertz CT molecular complexity index is 1020. The van der Waals surface area contributed by atoms with Crippen molar-refractivity contribution in [3.05, 3.63) is 77.0 Å². The van der Waals surface area contributed by atoms with Gasteiger partial charge in [0.25, 0.3) is 5.91 Å². The molecule has 0 aliphatic heterocycles. The number of carbonyl (C=O) groups is 2. The average Bonchev–Trinajstić information content (AvgIpc) is 2.75. The van der Waals surface area contributed by atoms with Crippen molar-refractivity contribution in [2.75, 3.05) is 13.2 Å². The summed E-state index contributed by atoms with van der Waals surface area (Å²) in [6.07, 6.45) is 0.717. The highest BCUT2D eigenvalue weighted by Gasteiger charge is 2.19. The molecule has 0 aliphatic carbocycles. The highest BCUT2D eigenvalue weighted by molar-refractivity contribution is 6.05. The van der Waals surface area contributed by atoms with Gasteiger partial charge in [-0.15, -0.1) is 0 Å². The number of pyridine rings is 1. The SMILES string of the molecule is CCc1nc2ccccc2c(C(=O)OCC(=O)NC[C@@H](C)c2ccccc2)c1C. The highest BCUT2D eigenvalue weighted by atomic mass is 16.5. The lowest BCUT2D eigenvalue weighted by Gasteiger charge is -2.15. The fourth-order valence-corrected chi connectivity index (χ4v) is 3.39. The van der Waals surface area contributed by atoms with Gasteiger partial charge in [-0.05, 0) is 36.5 Å². The van der Waals surface area contributed by atoms with Gasteiger partial charge in [0, 0.05) is 17.6 Å². The predicted molar refractivity (Wildman–Crippen MR) is 114 cm³/mol. The number of para-hydroxylation sites is 1. The highest BCUT2D eigenvalue weighted by Crippen LogP contribution is 2.24. The lowest BCUT2D eigenvalue weighted by Crippen LogP contribution is -2.31. The van der Waals surface area contributed by atoms with Gasteiger partial charge in [0.05, 0.1) is 11.1 Å². The van der Waals surface area contributed by atoms with Crippen LogP contribution in [0.4, 0.5) is 0 Å². The lowest BCUT2D eigenvalue weighted by molar-refractivity contribution is -0.124. The van der Waals surface area contributed by atoms with E-state index >= 15 is 0 Å². The number of aromatic nitrogens is 1. The molecule has 0 aliphatic rings. The summed E-state index contributed by atoms with van der Waals surface area (Å²) in [7, 11) is 0. The van der Waals surface area contributed by atoms with Crippen LogP contribution in [0.3, 0.4) is 0 Å². The van der Waals surface area contributed by atoms with E-state index in [1.165, 1.54) is 0 Å². The predicted octanol–water partition coefficient (Wildman–Crippen LogP) is 4.18.